The third kappa shape index (κ3) is 2.61. The highest BCUT2D eigenvalue weighted by molar-refractivity contribution is 9.10. The van der Waals surface area contributed by atoms with Gasteiger partial charge in [-0.3, -0.25) is 4.68 Å². The number of hydrogen-bond donors (Lipinski definition) is 1. The van der Waals surface area contributed by atoms with Gasteiger partial charge in [0.1, 0.15) is 0 Å². The van der Waals surface area contributed by atoms with Gasteiger partial charge in [-0.05, 0) is 36.0 Å². The molecule has 0 fully saturated rings. The average Bonchev–Trinajstić information content (AvgIpc) is 2.82. The fourth-order valence-electron chi connectivity index (χ4n) is 1.86. The van der Waals surface area contributed by atoms with Crippen molar-refractivity contribution in [3.8, 4) is 10.4 Å². The van der Waals surface area contributed by atoms with E-state index in [1.165, 1.54) is 21.8 Å². The first-order valence-electron chi connectivity index (χ1n) is 5.55. The predicted molar refractivity (Wildman–Crippen MR) is 76.6 cm³/mol. The van der Waals surface area contributed by atoms with Gasteiger partial charge < -0.3 is 5.32 Å². The molecule has 2 rings (SSSR count). The Hall–Kier alpha value is -0.650. The molecular weight excluding hydrogens is 298 g/mol. The Labute approximate surface area is 114 Å². The summed E-state index contributed by atoms with van der Waals surface area (Å²) in [4.78, 5) is 1.29. The first-order chi connectivity index (χ1) is 8.13. The van der Waals surface area contributed by atoms with Crippen LogP contribution in [0.3, 0.4) is 0 Å². The molecule has 17 heavy (non-hydrogen) atoms. The first kappa shape index (κ1) is 12.8. The van der Waals surface area contributed by atoms with E-state index in [1.807, 2.05) is 18.8 Å². The molecule has 0 spiro atoms. The molecule has 2 aromatic heterocycles. The van der Waals surface area contributed by atoms with Crippen molar-refractivity contribution in [1.29, 1.82) is 0 Å². The van der Waals surface area contributed by atoms with Gasteiger partial charge in [0, 0.05) is 46.0 Å². The van der Waals surface area contributed by atoms with Crippen molar-refractivity contribution in [2.24, 2.45) is 7.05 Å². The Morgan fingerprint density at radius 2 is 2.29 bits per heavy atom. The van der Waals surface area contributed by atoms with Crippen LogP contribution in [0.1, 0.15) is 11.4 Å². The normalized spacial score (nSPS) is 11.1. The van der Waals surface area contributed by atoms with Crippen LogP contribution in [0.2, 0.25) is 0 Å². The summed E-state index contributed by atoms with van der Waals surface area (Å²) in [6.07, 6.45) is 0.961. The molecule has 92 valence electrons. The van der Waals surface area contributed by atoms with E-state index in [1.54, 1.807) is 11.3 Å². The molecule has 0 unspecified atom stereocenters. The van der Waals surface area contributed by atoms with Gasteiger partial charge in [0.2, 0.25) is 0 Å². The van der Waals surface area contributed by atoms with E-state index in [-0.39, 0.29) is 0 Å². The molecule has 0 saturated heterocycles. The van der Waals surface area contributed by atoms with E-state index >= 15 is 0 Å². The number of aromatic nitrogens is 2. The van der Waals surface area contributed by atoms with Crippen LogP contribution in [0.5, 0.6) is 0 Å². The maximum atomic E-state index is 4.60. The van der Waals surface area contributed by atoms with E-state index in [4.69, 9.17) is 0 Å². The third-order valence-electron chi connectivity index (χ3n) is 2.83. The smallest absolute Gasteiger partial charge is 0.0726 e. The SMILES string of the molecule is CNCCc1nn(C)c(C)c1-c1cc(Br)cs1. The minimum atomic E-state index is 0.954. The van der Waals surface area contributed by atoms with Crippen LogP contribution in [-0.4, -0.2) is 23.4 Å². The summed E-state index contributed by atoms with van der Waals surface area (Å²) >= 11 is 5.27. The summed E-state index contributed by atoms with van der Waals surface area (Å²) < 4.78 is 3.11. The molecular formula is C12H16BrN3S. The highest BCUT2D eigenvalue weighted by atomic mass is 79.9. The minimum Gasteiger partial charge on any atom is -0.319 e. The molecule has 0 bridgehead atoms. The number of hydrogen-bond acceptors (Lipinski definition) is 3. The fourth-order valence-corrected chi connectivity index (χ4v) is 3.41. The van der Waals surface area contributed by atoms with Gasteiger partial charge in [-0.25, -0.2) is 0 Å². The highest BCUT2D eigenvalue weighted by Crippen LogP contribution is 2.34. The van der Waals surface area contributed by atoms with E-state index in [9.17, 15) is 0 Å². The highest BCUT2D eigenvalue weighted by Gasteiger charge is 2.15. The zero-order valence-corrected chi connectivity index (χ0v) is 12.7. The predicted octanol–water partition coefficient (Wildman–Crippen LogP) is 2.98. The molecule has 0 amide bonds. The molecule has 0 aliphatic rings. The van der Waals surface area contributed by atoms with Gasteiger partial charge in [-0.15, -0.1) is 11.3 Å². The lowest BCUT2D eigenvalue weighted by atomic mass is 10.1. The lowest BCUT2D eigenvalue weighted by Gasteiger charge is -2.01. The lowest BCUT2D eigenvalue weighted by molar-refractivity contribution is 0.703. The zero-order valence-electron chi connectivity index (χ0n) is 10.2. The maximum absolute atomic E-state index is 4.60. The van der Waals surface area contributed by atoms with E-state index < -0.39 is 0 Å². The Kier molecular flexibility index (Phi) is 4.01. The Morgan fingerprint density at radius 1 is 1.53 bits per heavy atom. The van der Waals surface area contributed by atoms with Crippen molar-refractivity contribution in [3.63, 3.8) is 0 Å². The molecule has 0 aliphatic heterocycles. The summed E-state index contributed by atoms with van der Waals surface area (Å²) in [6, 6.07) is 2.16. The number of nitrogens with zero attached hydrogens (tertiary/aromatic N) is 2. The van der Waals surface area contributed by atoms with Crippen LogP contribution in [0, 0.1) is 6.92 Å². The second-order valence-corrected chi connectivity index (χ2v) is 5.84. The summed E-state index contributed by atoms with van der Waals surface area (Å²) in [7, 11) is 3.97. The average molecular weight is 314 g/mol. The Morgan fingerprint density at radius 3 is 2.88 bits per heavy atom. The number of nitrogens with one attached hydrogen (secondary N) is 1. The van der Waals surface area contributed by atoms with Crippen molar-refractivity contribution < 1.29 is 0 Å². The fraction of sp³-hybridized carbons (Fsp3) is 0.417. The maximum Gasteiger partial charge on any atom is 0.0726 e. The van der Waals surface area contributed by atoms with Gasteiger partial charge in [0.15, 0.2) is 0 Å². The van der Waals surface area contributed by atoms with Crippen molar-refractivity contribution in [3.05, 3.63) is 27.3 Å². The minimum absolute atomic E-state index is 0.954. The standard InChI is InChI=1S/C12H16BrN3S/c1-8-12(11-6-9(13)7-17-11)10(4-5-14-2)15-16(8)3/h6-7,14H,4-5H2,1-3H3. The van der Waals surface area contributed by atoms with Crippen LogP contribution in [0.15, 0.2) is 15.9 Å². The molecule has 2 aromatic rings. The quantitative estimate of drug-likeness (QED) is 0.940. The monoisotopic (exact) mass is 313 g/mol. The molecule has 3 nitrogen and oxygen atoms in total. The molecule has 5 heteroatoms. The number of halogens is 1. The summed E-state index contributed by atoms with van der Waals surface area (Å²) in [5.74, 6) is 0. The van der Waals surface area contributed by atoms with Crippen LogP contribution < -0.4 is 5.32 Å². The topological polar surface area (TPSA) is 29.9 Å². The molecule has 0 saturated carbocycles. The van der Waals surface area contributed by atoms with E-state index in [0.717, 1.165) is 17.4 Å². The Bertz CT molecular complexity index is 516. The van der Waals surface area contributed by atoms with Gasteiger partial charge in [-0.1, -0.05) is 0 Å². The van der Waals surface area contributed by atoms with Crippen molar-refractivity contribution >= 4 is 27.3 Å². The zero-order chi connectivity index (χ0) is 12.4. The molecule has 0 aromatic carbocycles. The summed E-state index contributed by atoms with van der Waals surface area (Å²) in [5, 5.41) is 9.89. The molecule has 2 heterocycles. The van der Waals surface area contributed by atoms with Crippen LogP contribution >= 0.6 is 27.3 Å². The van der Waals surface area contributed by atoms with Crippen molar-refractivity contribution in [2.75, 3.05) is 13.6 Å². The molecule has 0 radical (unpaired) electrons. The van der Waals surface area contributed by atoms with E-state index in [2.05, 4.69) is 44.7 Å². The number of thiophene rings is 1. The largest absolute Gasteiger partial charge is 0.319 e. The molecule has 1 N–H and O–H groups in total. The Balaban J connectivity index is 2.43. The number of rotatable bonds is 4. The summed E-state index contributed by atoms with van der Waals surface area (Å²) in [5.41, 5.74) is 3.69. The van der Waals surface area contributed by atoms with Gasteiger partial charge in [0.05, 0.1) is 5.69 Å². The van der Waals surface area contributed by atoms with Gasteiger partial charge in [0.25, 0.3) is 0 Å². The first-order valence-corrected chi connectivity index (χ1v) is 7.22. The van der Waals surface area contributed by atoms with Crippen LogP contribution in [0.4, 0.5) is 0 Å². The number of aryl methyl sites for hydroxylation is 1. The number of likely N-dealkylation sites (N-methyl/N-ethyl adjacent to an activating group) is 1. The van der Waals surface area contributed by atoms with Gasteiger partial charge in [-0.2, -0.15) is 5.10 Å². The second kappa shape index (κ2) is 5.33. The van der Waals surface area contributed by atoms with Crippen LogP contribution in [-0.2, 0) is 13.5 Å². The molecule has 0 aliphatic carbocycles. The van der Waals surface area contributed by atoms with Gasteiger partial charge >= 0.3 is 0 Å². The van der Waals surface area contributed by atoms with Crippen molar-refractivity contribution in [2.45, 2.75) is 13.3 Å². The van der Waals surface area contributed by atoms with Crippen molar-refractivity contribution in [1.82, 2.24) is 15.1 Å². The second-order valence-electron chi connectivity index (χ2n) is 4.01. The molecule has 0 atom stereocenters. The lowest BCUT2D eigenvalue weighted by Crippen LogP contribution is -2.11. The van der Waals surface area contributed by atoms with Crippen LogP contribution in [0.25, 0.3) is 10.4 Å². The third-order valence-corrected chi connectivity index (χ3v) is 4.54. The summed E-state index contributed by atoms with van der Waals surface area (Å²) in [6.45, 7) is 3.08. The van der Waals surface area contributed by atoms with E-state index in [0.29, 0.717) is 0 Å².